The number of likely N-dealkylation sites (tertiary alicyclic amines) is 2. The van der Waals surface area contributed by atoms with Gasteiger partial charge in [0.2, 0.25) is 0 Å². The number of nitrogens with zero attached hydrogens (tertiary/aromatic N) is 3. The fraction of sp³-hybridized carbons (Fsp3) is 0.632. The highest BCUT2D eigenvalue weighted by Gasteiger charge is 2.36. The van der Waals surface area contributed by atoms with Gasteiger partial charge in [0, 0.05) is 38.1 Å². The largest absolute Gasteiger partial charge is 0.444 e. The van der Waals surface area contributed by atoms with Crippen LogP contribution in [-0.2, 0) is 4.74 Å². The van der Waals surface area contributed by atoms with Crippen LogP contribution in [0.4, 0.5) is 10.5 Å². The third-order valence-electron chi connectivity index (χ3n) is 5.01. The van der Waals surface area contributed by atoms with Crippen molar-refractivity contribution in [1.82, 2.24) is 9.80 Å². The molecule has 0 aliphatic carbocycles. The Morgan fingerprint density at radius 3 is 2.24 bits per heavy atom. The molecule has 6 heteroatoms. The minimum Gasteiger partial charge on any atom is -0.444 e. The van der Waals surface area contributed by atoms with Crippen LogP contribution >= 0.6 is 0 Å². The zero-order chi connectivity index (χ0) is 18.0. The van der Waals surface area contributed by atoms with Gasteiger partial charge in [0.15, 0.2) is 0 Å². The quantitative estimate of drug-likeness (QED) is 0.780. The average Bonchev–Trinajstić information content (AvgIpc) is 2.53. The van der Waals surface area contributed by atoms with Crippen molar-refractivity contribution < 1.29 is 9.53 Å². The third kappa shape index (κ3) is 4.37. The van der Waals surface area contributed by atoms with Gasteiger partial charge in [0.1, 0.15) is 11.3 Å². The highest BCUT2D eigenvalue weighted by atomic mass is 16.6. The predicted octanol–water partition coefficient (Wildman–Crippen LogP) is 3.88. The van der Waals surface area contributed by atoms with E-state index in [0.717, 1.165) is 39.0 Å². The lowest BCUT2D eigenvalue weighted by atomic mass is 9.88. The molecular formula is C19H27N3O3. The lowest BCUT2D eigenvalue weighted by molar-refractivity contribution is 0.00591. The molecule has 2 saturated heterocycles. The fourth-order valence-corrected chi connectivity index (χ4v) is 3.57. The average molecular weight is 345 g/mol. The van der Waals surface area contributed by atoms with E-state index in [-0.39, 0.29) is 6.09 Å². The SMILES string of the molecule is CC(C)(C)OC(=O)N1CCC(N2CC(c3ccc(N=O)cc3)C2)CC1. The van der Waals surface area contributed by atoms with Crippen LogP contribution in [0, 0.1) is 4.91 Å². The van der Waals surface area contributed by atoms with Gasteiger partial charge in [-0.25, -0.2) is 4.79 Å². The minimum absolute atomic E-state index is 0.198. The summed E-state index contributed by atoms with van der Waals surface area (Å²) >= 11 is 0. The molecule has 0 N–H and O–H groups in total. The first-order chi connectivity index (χ1) is 11.9. The fourth-order valence-electron chi connectivity index (χ4n) is 3.57. The summed E-state index contributed by atoms with van der Waals surface area (Å²) < 4.78 is 5.45. The van der Waals surface area contributed by atoms with Gasteiger partial charge in [0.05, 0.1) is 0 Å². The molecule has 2 fully saturated rings. The molecule has 1 aromatic rings. The Kier molecular flexibility index (Phi) is 5.08. The van der Waals surface area contributed by atoms with Crippen molar-refractivity contribution >= 4 is 11.8 Å². The topological polar surface area (TPSA) is 62.2 Å². The molecule has 0 atom stereocenters. The molecular weight excluding hydrogens is 318 g/mol. The number of piperidine rings is 1. The van der Waals surface area contributed by atoms with E-state index >= 15 is 0 Å². The van der Waals surface area contributed by atoms with Crippen molar-refractivity contribution in [2.75, 3.05) is 26.2 Å². The molecule has 1 amide bonds. The van der Waals surface area contributed by atoms with Crippen LogP contribution in [0.3, 0.4) is 0 Å². The van der Waals surface area contributed by atoms with Crippen LogP contribution < -0.4 is 0 Å². The number of rotatable bonds is 3. The first-order valence-electron chi connectivity index (χ1n) is 9.01. The second-order valence-corrected chi connectivity index (χ2v) is 8.03. The number of benzene rings is 1. The van der Waals surface area contributed by atoms with Gasteiger partial charge in [-0.2, -0.15) is 0 Å². The molecule has 3 rings (SSSR count). The molecule has 0 radical (unpaired) electrons. The number of carbonyl (C=O) groups is 1. The van der Waals surface area contributed by atoms with Gasteiger partial charge in [-0.1, -0.05) is 12.1 Å². The standard InChI is InChI=1S/C19H27N3O3/c1-19(2,3)25-18(23)21-10-8-17(9-11-21)22-12-15(13-22)14-4-6-16(20-24)7-5-14/h4-7,15,17H,8-13H2,1-3H3. The minimum atomic E-state index is -0.437. The summed E-state index contributed by atoms with van der Waals surface area (Å²) in [5.74, 6) is 0.532. The lowest BCUT2D eigenvalue weighted by Gasteiger charge is -2.47. The number of nitroso groups, excluding NO2 is 1. The molecule has 136 valence electrons. The smallest absolute Gasteiger partial charge is 0.410 e. The van der Waals surface area contributed by atoms with Crippen LogP contribution in [0.5, 0.6) is 0 Å². The van der Waals surface area contributed by atoms with Crippen LogP contribution in [0.2, 0.25) is 0 Å². The molecule has 2 heterocycles. The van der Waals surface area contributed by atoms with E-state index in [1.165, 1.54) is 5.56 Å². The van der Waals surface area contributed by atoms with Gasteiger partial charge in [-0.15, -0.1) is 4.91 Å². The van der Waals surface area contributed by atoms with E-state index in [0.29, 0.717) is 17.6 Å². The predicted molar refractivity (Wildman–Crippen MR) is 97.0 cm³/mol. The molecule has 0 unspecified atom stereocenters. The first kappa shape index (κ1) is 17.9. The molecule has 2 aliphatic heterocycles. The van der Waals surface area contributed by atoms with E-state index in [1.54, 1.807) is 12.1 Å². The Bertz CT molecular complexity index is 610. The number of hydrogen-bond acceptors (Lipinski definition) is 5. The Morgan fingerprint density at radius 2 is 1.72 bits per heavy atom. The Morgan fingerprint density at radius 1 is 1.12 bits per heavy atom. The zero-order valence-electron chi connectivity index (χ0n) is 15.3. The molecule has 0 spiro atoms. The van der Waals surface area contributed by atoms with Crippen molar-refractivity contribution in [3.05, 3.63) is 34.7 Å². The summed E-state index contributed by atoms with van der Waals surface area (Å²) in [5, 5.41) is 2.94. The highest BCUT2D eigenvalue weighted by Crippen LogP contribution is 2.32. The molecule has 6 nitrogen and oxygen atoms in total. The second-order valence-electron chi connectivity index (χ2n) is 8.03. The second kappa shape index (κ2) is 7.12. The molecule has 25 heavy (non-hydrogen) atoms. The summed E-state index contributed by atoms with van der Waals surface area (Å²) in [6.07, 6.45) is 1.80. The highest BCUT2D eigenvalue weighted by molar-refractivity contribution is 5.68. The van der Waals surface area contributed by atoms with E-state index < -0.39 is 5.60 Å². The summed E-state index contributed by atoms with van der Waals surface area (Å²) in [5.41, 5.74) is 1.32. The number of carbonyl (C=O) groups excluding carboxylic acids is 1. The van der Waals surface area contributed by atoms with Crippen molar-refractivity contribution in [3.63, 3.8) is 0 Å². The number of amides is 1. The van der Waals surface area contributed by atoms with Gasteiger partial charge >= 0.3 is 6.09 Å². The number of ether oxygens (including phenoxy) is 1. The summed E-state index contributed by atoms with van der Waals surface area (Å²) in [7, 11) is 0. The molecule has 0 bridgehead atoms. The molecule has 0 aromatic heterocycles. The molecule has 2 aliphatic rings. The van der Waals surface area contributed by atoms with Crippen LogP contribution in [0.1, 0.15) is 45.1 Å². The maximum Gasteiger partial charge on any atom is 0.410 e. The normalized spacial score (nSPS) is 20.2. The van der Waals surface area contributed by atoms with Crippen molar-refractivity contribution in [2.45, 2.75) is 51.2 Å². The van der Waals surface area contributed by atoms with E-state index in [4.69, 9.17) is 4.74 Å². The number of hydrogen-bond donors (Lipinski definition) is 0. The van der Waals surface area contributed by atoms with Gasteiger partial charge in [0.25, 0.3) is 0 Å². The van der Waals surface area contributed by atoms with Gasteiger partial charge < -0.3 is 9.64 Å². The lowest BCUT2D eigenvalue weighted by Crippen LogP contribution is -2.55. The summed E-state index contributed by atoms with van der Waals surface area (Å²) in [6.45, 7) is 9.32. The zero-order valence-corrected chi connectivity index (χ0v) is 15.3. The Hall–Kier alpha value is -1.95. The van der Waals surface area contributed by atoms with Crippen LogP contribution in [0.25, 0.3) is 0 Å². The molecule has 0 saturated carbocycles. The monoisotopic (exact) mass is 345 g/mol. The first-order valence-corrected chi connectivity index (χ1v) is 9.01. The molecule has 1 aromatic carbocycles. The van der Waals surface area contributed by atoms with Crippen molar-refractivity contribution in [3.8, 4) is 0 Å². The van der Waals surface area contributed by atoms with E-state index in [9.17, 15) is 9.70 Å². The van der Waals surface area contributed by atoms with Gasteiger partial charge in [-0.05, 0) is 56.5 Å². The Labute approximate surface area is 149 Å². The van der Waals surface area contributed by atoms with Crippen LogP contribution in [-0.4, -0.2) is 53.7 Å². The maximum absolute atomic E-state index is 12.1. The maximum atomic E-state index is 12.1. The van der Waals surface area contributed by atoms with Crippen molar-refractivity contribution in [1.29, 1.82) is 0 Å². The van der Waals surface area contributed by atoms with E-state index in [2.05, 4.69) is 10.1 Å². The third-order valence-corrected chi connectivity index (χ3v) is 5.01. The van der Waals surface area contributed by atoms with Crippen molar-refractivity contribution in [2.24, 2.45) is 5.18 Å². The summed E-state index contributed by atoms with van der Waals surface area (Å²) in [4.78, 5) is 26.9. The van der Waals surface area contributed by atoms with E-state index in [1.807, 2.05) is 37.8 Å². The van der Waals surface area contributed by atoms with Crippen LogP contribution in [0.15, 0.2) is 29.4 Å². The Balaban J connectivity index is 1.44. The van der Waals surface area contributed by atoms with Gasteiger partial charge in [-0.3, -0.25) is 4.90 Å². The summed E-state index contributed by atoms with van der Waals surface area (Å²) in [6, 6.07) is 8.12.